The maximum absolute atomic E-state index is 11.4. The lowest BCUT2D eigenvalue weighted by Crippen LogP contribution is -2.47. The second-order valence-corrected chi connectivity index (χ2v) is 5.38. The number of hydrogen-bond donors (Lipinski definition) is 2. The first-order valence-electron chi connectivity index (χ1n) is 7.06. The van der Waals surface area contributed by atoms with Crippen molar-refractivity contribution >= 4 is 5.97 Å². The molecule has 1 aliphatic carbocycles. The molecular weight excluding hydrogens is 214 g/mol. The predicted molar refractivity (Wildman–Crippen MR) is 70.1 cm³/mol. The number of hydrogen-bond acceptors (Lipinski definition) is 2. The van der Waals surface area contributed by atoms with Crippen LogP contribution in [0.5, 0.6) is 0 Å². The molecule has 0 heterocycles. The monoisotopic (exact) mass is 241 g/mol. The van der Waals surface area contributed by atoms with Gasteiger partial charge in [-0.05, 0) is 38.0 Å². The fourth-order valence-electron chi connectivity index (χ4n) is 2.69. The Morgan fingerprint density at radius 2 is 1.94 bits per heavy atom. The van der Waals surface area contributed by atoms with E-state index in [9.17, 15) is 9.90 Å². The molecule has 2 N–H and O–H groups in total. The molecule has 0 aromatic heterocycles. The van der Waals surface area contributed by atoms with Gasteiger partial charge in [0.2, 0.25) is 0 Å². The predicted octanol–water partition coefficient (Wildman–Crippen LogP) is 3.05. The summed E-state index contributed by atoms with van der Waals surface area (Å²) in [6.07, 6.45) is 6.47. The van der Waals surface area contributed by atoms with Crippen molar-refractivity contribution in [1.29, 1.82) is 0 Å². The summed E-state index contributed by atoms with van der Waals surface area (Å²) in [4.78, 5) is 11.4. The zero-order chi connectivity index (χ0) is 12.9. The fourth-order valence-corrected chi connectivity index (χ4v) is 2.69. The summed E-state index contributed by atoms with van der Waals surface area (Å²) >= 11 is 0. The molecule has 1 aliphatic rings. The van der Waals surface area contributed by atoms with Crippen LogP contribution in [0.2, 0.25) is 0 Å². The Bertz CT molecular complexity index is 245. The Kier molecular flexibility index (Phi) is 5.44. The molecule has 1 rings (SSSR count). The van der Waals surface area contributed by atoms with E-state index in [-0.39, 0.29) is 0 Å². The number of rotatable bonds is 8. The van der Waals surface area contributed by atoms with Crippen molar-refractivity contribution in [1.82, 2.24) is 5.32 Å². The number of aliphatic carboxylic acids is 1. The van der Waals surface area contributed by atoms with Gasteiger partial charge < -0.3 is 10.4 Å². The van der Waals surface area contributed by atoms with Crippen LogP contribution in [0.4, 0.5) is 0 Å². The second-order valence-electron chi connectivity index (χ2n) is 5.38. The lowest BCUT2D eigenvalue weighted by Gasteiger charge is -2.36. The van der Waals surface area contributed by atoms with E-state index >= 15 is 0 Å². The van der Waals surface area contributed by atoms with Gasteiger partial charge in [0.15, 0.2) is 0 Å². The minimum absolute atomic E-state index is 0.514. The minimum atomic E-state index is -0.654. The maximum Gasteiger partial charge on any atom is 0.310 e. The topological polar surface area (TPSA) is 49.3 Å². The highest BCUT2D eigenvalue weighted by molar-refractivity contribution is 5.74. The van der Waals surface area contributed by atoms with Crippen LogP contribution in [0.15, 0.2) is 0 Å². The average molecular weight is 241 g/mol. The van der Waals surface area contributed by atoms with Gasteiger partial charge in [0.25, 0.3) is 0 Å². The van der Waals surface area contributed by atoms with Crippen LogP contribution in [-0.4, -0.2) is 23.7 Å². The highest BCUT2D eigenvalue weighted by Gasteiger charge is 2.36. The number of carboxylic acid groups (broad SMARTS) is 1. The van der Waals surface area contributed by atoms with E-state index in [1.165, 1.54) is 19.3 Å². The average Bonchev–Trinajstić information content (AvgIpc) is 2.26. The van der Waals surface area contributed by atoms with E-state index < -0.39 is 11.4 Å². The largest absolute Gasteiger partial charge is 0.481 e. The lowest BCUT2D eigenvalue weighted by atomic mass is 9.77. The molecule has 1 unspecified atom stereocenters. The van der Waals surface area contributed by atoms with E-state index in [2.05, 4.69) is 12.2 Å². The molecule has 17 heavy (non-hydrogen) atoms. The van der Waals surface area contributed by atoms with E-state index in [0.29, 0.717) is 25.4 Å². The third kappa shape index (κ3) is 3.21. The summed E-state index contributed by atoms with van der Waals surface area (Å²) in [5, 5.41) is 12.9. The van der Waals surface area contributed by atoms with Crippen LogP contribution < -0.4 is 5.32 Å². The van der Waals surface area contributed by atoms with Gasteiger partial charge in [-0.2, -0.15) is 0 Å². The Balaban J connectivity index is 2.52. The molecular formula is C14H27NO2. The van der Waals surface area contributed by atoms with Crippen LogP contribution in [0.1, 0.15) is 59.3 Å². The molecule has 0 bridgehead atoms. The molecule has 3 nitrogen and oxygen atoms in total. The molecule has 1 fully saturated rings. The van der Waals surface area contributed by atoms with E-state index in [1.807, 2.05) is 13.8 Å². The third-order valence-electron chi connectivity index (χ3n) is 4.67. The molecule has 0 aliphatic heterocycles. The molecule has 0 aromatic carbocycles. The molecule has 100 valence electrons. The van der Waals surface area contributed by atoms with E-state index in [1.54, 1.807) is 0 Å². The van der Waals surface area contributed by atoms with Crippen LogP contribution in [0.3, 0.4) is 0 Å². The van der Waals surface area contributed by atoms with Gasteiger partial charge in [0, 0.05) is 12.6 Å². The van der Waals surface area contributed by atoms with Crippen molar-refractivity contribution in [2.45, 2.75) is 65.3 Å². The van der Waals surface area contributed by atoms with Crippen LogP contribution >= 0.6 is 0 Å². The normalized spacial score (nSPS) is 18.8. The van der Waals surface area contributed by atoms with Gasteiger partial charge in [0.1, 0.15) is 0 Å². The number of carbonyl (C=O) groups is 1. The summed E-state index contributed by atoms with van der Waals surface area (Å²) in [5.41, 5.74) is -0.572. The summed E-state index contributed by atoms with van der Waals surface area (Å²) in [6, 6.07) is 0.514. The molecule has 0 amide bonds. The van der Waals surface area contributed by atoms with Crippen LogP contribution in [0, 0.1) is 11.3 Å². The van der Waals surface area contributed by atoms with Crippen molar-refractivity contribution in [3.05, 3.63) is 0 Å². The Hall–Kier alpha value is -0.570. The first-order chi connectivity index (χ1) is 8.09. The second kappa shape index (κ2) is 6.39. The Morgan fingerprint density at radius 3 is 2.24 bits per heavy atom. The standard InChI is InChI=1S/C14H27NO2/c1-4-12(11-8-7-9-11)15-10-14(5-2,6-3)13(16)17/h11-12,15H,4-10H2,1-3H3,(H,16,17). The number of carboxylic acids is 1. The molecule has 1 saturated carbocycles. The molecule has 0 radical (unpaired) electrons. The maximum atomic E-state index is 11.4. The first-order valence-corrected chi connectivity index (χ1v) is 7.06. The lowest BCUT2D eigenvalue weighted by molar-refractivity contribution is -0.149. The van der Waals surface area contributed by atoms with E-state index in [4.69, 9.17) is 0 Å². The summed E-state index contributed by atoms with van der Waals surface area (Å²) < 4.78 is 0. The summed E-state index contributed by atoms with van der Waals surface area (Å²) in [6.45, 7) is 6.76. The molecule has 3 heteroatoms. The summed E-state index contributed by atoms with van der Waals surface area (Å²) in [7, 11) is 0. The van der Waals surface area contributed by atoms with Crippen LogP contribution in [-0.2, 0) is 4.79 Å². The van der Waals surface area contributed by atoms with Crippen molar-refractivity contribution in [3.63, 3.8) is 0 Å². The van der Waals surface area contributed by atoms with Crippen molar-refractivity contribution < 1.29 is 9.90 Å². The van der Waals surface area contributed by atoms with Gasteiger partial charge in [-0.1, -0.05) is 27.2 Å². The fraction of sp³-hybridized carbons (Fsp3) is 0.929. The van der Waals surface area contributed by atoms with Gasteiger partial charge in [-0.25, -0.2) is 0 Å². The molecule has 0 aromatic rings. The van der Waals surface area contributed by atoms with Crippen molar-refractivity contribution in [3.8, 4) is 0 Å². The quantitative estimate of drug-likeness (QED) is 0.686. The molecule has 1 atom stereocenters. The minimum Gasteiger partial charge on any atom is -0.481 e. The SMILES string of the molecule is CCC(NCC(CC)(CC)C(=O)O)C1CCC1. The van der Waals surface area contributed by atoms with Gasteiger partial charge >= 0.3 is 5.97 Å². The summed E-state index contributed by atoms with van der Waals surface area (Å²) in [5.74, 6) is 0.124. The zero-order valence-electron chi connectivity index (χ0n) is 11.5. The Morgan fingerprint density at radius 1 is 1.35 bits per heavy atom. The van der Waals surface area contributed by atoms with Crippen molar-refractivity contribution in [2.24, 2.45) is 11.3 Å². The van der Waals surface area contributed by atoms with Gasteiger partial charge in [-0.15, -0.1) is 0 Å². The molecule has 0 spiro atoms. The smallest absolute Gasteiger partial charge is 0.310 e. The van der Waals surface area contributed by atoms with Crippen molar-refractivity contribution in [2.75, 3.05) is 6.54 Å². The van der Waals surface area contributed by atoms with Crippen LogP contribution in [0.25, 0.3) is 0 Å². The highest BCUT2D eigenvalue weighted by atomic mass is 16.4. The van der Waals surface area contributed by atoms with Gasteiger partial charge in [0.05, 0.1) is 5.41 Å². The molecule has 0 saturated heterocycles. The van der Waals surface area contributed by atoms with Gasteiger partial charge in [-0.3, -0.25) is 4.79 Å². The first kappa shape index (κ1) is 14.5. The Labute approximate surface area is 105 Å². The van der Waals surface area contributed by atoms with E-state index in [0.717, 1.165) is 12.3 Å². The highest BCUT2D eigenvalue weighted by Crippen LogP contribution is 2.32. The number of nitrogens with one attached hydrogen (secondary N) is 1. The third-order valence-corrected chi connectivity index (χ3v) is 4.67. The zero-order valence-corrected chi connectivity index (χ0v) is 11.5.